The number of benzene rings is 1. The fourth-order valence-corrected chi connectivity index (χ4v) is 2.68. The Balaban J connectivity index is 2.40. The Morgan fingerprint density at radius 1 is 1.38 bits per heavy atom. The number of ether oxygens (including phenoxy) is 2. The summed E-state index contributed by atoms with van der Waals surface area (Å²) in [5.74, 6) is 0.894. The topological polar surface area (TPSA) is 67.9 Å². The minimum Gasteiger partial charge on any atom is -0.493 e. The molecule has 1 aliphatic heterocycles. The second-order valence-electron chi connectivity index (χ2n) is 4.32. The lowest BCUT2D eigenvalue weighted by molar-refractivity contribution is -0.121. The molecule has 1 aromatic carbocycles. The van der Waals surface area contributed by atoms with Crippen LogP contribution in [0.5, 0.6) is 11.5 Å². The van der Waals surface area contributed by atoms with Crippen LogP contribution in [-0.2, 0) is 4.79 Å². The van der Waals surface area contributed by atoms with Crippen LogP contribution in [0.15, 0.2) is 17.8 Å². The van der Waals surface area contributed by atoms with E-state index in [-0.39, 0.29) is 11.6 Å². The number of hydrogen-bond acceptors (Lipinski definition) is 4. The van der Waals surface area contributed by atoms with Gasteiger partial charge in [-0.05, 0) is 53.3 Å². The first-order chi connectivity index (χ1) is 9.97. The average molecular weight is 402 g/mol. The third-order valence-electron chi connectivity index (χ3n) is 2.93. The minimum absolute atomic E-state index is 0.240. The van der Waals surface area contributed by atoms with E-state index in [0.717, 1.165) is 14.0 Å². The first kappa shape index (κ1) is 15.6. The summed E-state index contributed by atoms with van der Waals surface area (Å²) in [5.41, 5.74) is 0.989. The molecule has 0 saturated carbocycles. The molecule has 0 aliphatic carbocycles. The minimum atomic E-state index is -0.432. The Kier molecular flexibility index (Phi) is 4.71. The second kappa shape index (κ2) is 6.33. The number of halogens is 1. The molecule has 0 aromatic heterocycles. The van der Waals surface area contributed by atoms with Gasteiger partial charge in [0.15, 0.2) is 11.5 Å². The molecule has 0 unspecified atom stereocenters. The maximum atomic E-state index is 11.8. The van der Waals surface area contributed by atoms with Crippen LogP contribution in [0.3, 0.4) is 0 Å². The number of likely N-dealkylation sites (N-methyl/N-ethyl adjacent to an activating group) is 1. The van der Waals surface area contributed by atoms with Crippen LogP contribution in [0.4, 0.5) is 4.79 Å². The van der Waals surface area contributed by atoms with Gasteiger partial charge >= 0.3 is 6.03 Å². The first-order valence-corrected chi connectivity index (χ1v) is 7.36. The molecule has 6 nitrogen and oxygen atoms in total. The van der Waals surface area contributed by atoms with Crippen LogP contribution in [0, 0.1) is 3.57 Å². The van der Waals surface area contributed by atoms with Gasteiger partial charge in [-0.3, -0.25) is 9.69 Å². The Morgan fingerprint density at radius 3 is 2.62 bits per heavy atom. The van der Waals surface area contributed by atoms with Crippen molar-refractivity contribution in [2.24, 2.45) is 0 Å². The van der Waals surface area contributed by atoms with Gasteiger partial charge in [0.2, 0.25) is 0 Å². The van der Waals surface area contributed by atoms with Crippen LogP contribution < -0.4 is 14.8 Å². The zero-order chi connectivity index (χ0) is 15.6. The molecule has 0 spiro atoms. The van der Waals surface area contributed by atoms with Gasteiger partial charge < -0.3 is 14.8 Å². The van der Waals surface area contributed by atoms with E-state index < -0.39 is 6.03 Å². The monoisotopic (exact) mass is 402 g/mol. The van der Waals surface area contributed by atoms with Crippen LogP contribution in [0.1, 0.15) is 12.5 Å². The molecule has 0 atom stereocenters. The van der Waals surface area contributed by atoms with Gasteiger partial charge in [-0.15, -0.1) is 0 Å². The normalized spacial score (nSPS) is 16.4. The molecular formula is C14H15IN2O4. The number of urea groups is 1. The average Bonchev–Trinajstić information content (AvgIpc) is 2.69. The molecule has 0 bridgehead atoms. The van der Waals surface area contributed by atoms with E-state index in [0.29, 0.717) is 18.1 Å². The van der Waals surface area contributed by atoms with E-state index >= 15 is 0 Å². The van der Waals surface area contributed by atoms with E-state index in [9.17, 15) is 9.59 Å². The zero-order valence-electron chi connectivity index (χ0n) is 11.9. The van der Waals surface area contributed by atoms with Gasteiger partial charge in [0.1, 0.15) is 5.70 Å². The quantitative estimate of drug-likeness (QED) is 0.477. The van der Waals surface area contributed by atoms with Gasteiger partial charge in [-0.1, -0.05) is 0 Å². The smallest absolute Gasteiger partial charge is 0.328 e. The molecule has 7 heteroatoms. The Hall–Kier alpha value is -1.77. The van der Waals surface area contributed by atoms with Crippen molar-refractivity contribution in [3.8, 4) is 11.5 Å². The summed E-state index contributed by atoms with van der Waals surface area (Å²) in [7, 11) is 2.99. The third-order valence-corrected chi connectivity index (χ3v) is 3.73. The van der Waals surface area contributed by atoms with Crippen molar-refractivity contribution >= 4 is 40.6 Å². The number of rotatable bonds is 4. The summed E-state index contributed by atoms with van der Waals surface area (Å²) < 4.78 is 11.7. The van der Waals surface area contributed by atoms with Gasteiger partial charge in [0.25, 0.3) is 5.91 Å². The van der Waals surface area contributed by atoms with E-state index in [2.05, 4.69) is 27.9 Å². The van der Waals surface area contributed by atoms with Crippen molar-refractivity contribution in [3.63, 3.8) is 0 Å². The Morgan fingerprint density at radius 2 is 2.10 bits per heavy atom. The summed E-state index contributed by atoms with van der Waals surface area (Å²) in [6.07, 6.45) is 1.62. The predicted molar refractivity (Wildman–Crippen MR) is 86.2 cm³/mol. The highest BCUT2D eigenvalue weighted by Crippen LogP contribution is 2.34. The SMILES string of the molecule is CCOc1c(I)cc(/C=C2\NC(=O)N(C)C2=O)cc1OC. The molecule has 112 valence electrons. The van der Waals surface area contributed by atoms with Crippen LogP contribution in [0.2, 0.25) is 0 Å². The number of carbonyl (C=O) groups excluding carboxylic acids is 2. The van der Waals surface area contributed by atoms with Gasteiger partial charge in [0.05, 0.1) is 17.3 Å². The van der Waals surface area contributed by atoms with E-state index in [1.807, 2.05) is 13.0 Å². The molecule has 1 saturated heterocycles. The molecule has 1 heterocycles. The summed E-state index contributed by atoms with van der Waals surface area (Å²) >= 11 is 2.14. The third kappa shape index (κ3) is 3.12. The molecule has 1 fully saturated rings. The molecule has 1 aromatic rings. The van der Waals surface area contributed by atoms with Crippen LogP contribution in [0.25, 0.3) is 6.08 Å². The fourth-order valence-electron chi connectivity index (χ4n) is 1.90. The highest BCUT2D eigenvalue weighted by molar-refractivity contribution is 14.1. The first-order valence-electron chi connectivity index (χ1n) is 6.29. The molecule has 1 N–H and O–H groups in total. The second-order valence-corrected chi connectivity index (χ2v) is 5.48. The number of methoxy groups -OCH3 is 1. The predicted octanol–water partition coefficient (Wildman–Crippen LogP) is 2.22. The standard InChI is InChI=1S/C14H15IN2O4/c1-4-21-12-9(15)5-8(7-11(12)20-3)6-10-13(18)17(2)14(19)16-10/h5-7H,4H2,1-3H3,(H,16,19)/b10-6-. The van der Waals surface area contributed by atoms with Crippen molar-refractivity contribution in [2.45, 2.75) is 6.92 Å². The number of carbonyl (C=O) groups is 2. The summed E-state index contributed by atoms with van der Waals surface area (Å²) in [6.45, 7) is 2.43. The number of nitrogens with zero attached hydrogens (tertiary/aromatic N) is 1. The van der Waals surface area contributed by atoms with E-state index in [4.69, 9.17) is 9.47 Å². The maximum absolute atomic E-state index is 11.8. The van der Waals surface area contributed by atoms with Crippen LogP contribution in [-0.4, -0.2) is 37.6 Å². The van der Waals surface area contributed by atoms with Gasteiger partial charge in [-0.2, -0.15) is 0 Å². The highest BCUT2D eigenvalue weighted by Gasteiger charge is 2.30. The van der Waals surface area contributed by atoms with Crippen molar-refractivity contribution in [1.82, 2.24) is 10.2 Å². The van der Waals surface area contributed by atoms with Gasteiger partial charge in [0, 0.05) is 7.05 Å². The summed E-state index contributed by atoms with van der Waals surface area (Å²) in [5, 5.41) is 2.52. The van der Waals surface area contributed by atoms with Gasteiger partial charge in [-0.25, -0.2) is 4.79 Å². The molecule has 3 amide bonds. The van der Waals surface area contributed by atoms with Crippen molar-refractivity contribution in [3.05, 3.63) is 27.0 Å². The lowest BCUT2D eigenvalue weighted by Gasteiger charge is -2.12. The molecule has 0 radical (unpaired) electrons. The van der Waals surface area contributed by atoms with E-state index in [1.54, 1.807) is 19.3 Å². The maximum Gasteiger partial charge on any atom is 0.328 e. The number of amides is 3. The van der Waals surface area contributed by atoms with Crippen molar-refractivity contribution in [2.75, 3.05) is 20.8 Å². The molecular weight excluding hydrogens is 387 g/mol. The number of hydrogen-bond donors (Lipinski definition) is 1. The number of nitrogens with one attached hydrogen (secondary N) is 1. The Labute approximate surface area is 136 Å². The summed E-state index contributed by atoms with van der Waals surface area (Å²) in [4.78, 5) is 24.3. The van der Waals surface area contributed by atoms with E-state index in [1.165, 1.54) is 7.05 Å². The number of imide groups is 1. The molecule has 2 rings (SSSR count). The largest absolute Gasteiger partial charge is 0.493 e. The Bertz CT molecular complexity index is 628. The van der Waals surface area contributed by atoms with Crippen LogP contribution >= 0.6 is 22.6 Å². The lowest BCUT2D eigenvalue weighted by atomic mass is 10.1. The summed E-state index contributed by atoms with van der Waals surface area (Å²) in [6, 6.07) is 3.19. The lowest BCUT2D eigenvalue weighted by Crippen LogP contribution is -2.25. The zero-order valence-corrected chi connectivity index (χ0v) is 14.1. The van der Waals surface area contributed by atoms with Crippen molar-refractivity contribution < 1.29 is 19.1 Å². The fraction of sp³-hybridized carbons (Fsp3) is 0.286. The van der Waals surface area contributed by atoms with Crippen molar-refractivity contribution in [1.29, 1.82) is 0 Å². The molecule has 21 heavy (non-hydrogen) atoms. The molecule has 1 aliphatic rings. The highest BCUT2D eigenvalue weighted by atomic mass is 127.